The van der Waals surface area contributed by atoms with Crippen LogP contribution in [0.15, 0.2) is 18.2 Å². The smallest absolute Gasteiger partial charge is 0.337 e. The van der Waals surface area contributed by atoms with Gasteiger partial charge in [0.1, 0.15) is 0 Å². The molecule has 0 bridgehead atoms. The number of carboxylic acids is 1. The van der Waals surface area contributed by atoms with Crippen LogP contribution in [0.5, 0.6) is 0 Å². The molecule has 0 spiro atoms. The van der Waals surface area contributed by atoms with E-state index in [0.717, 1.165) is 5.56 Å². The lowest BCUT2D eigenvalue weighted by Crippen LogP contribution is -2.36. The monoisotopic (exact) mass is 278 g/mol. The molecule has 6 heteroatoms. The molecule has 0 aliphatic carbocycles. The van der Waals surface area contributed by atoms with E-state index in [-0.39, 0.29) is 17.8 Å². The van der Waals surface area contributed by atoms with Gasteiger partial charge in [-0.1, -0.05) is 11.6 Å². The van der Waals surface area contributed by atoms with Crippen molar-refractivity contribution in [2.75, 3.05) is 18.4 Å². The largest absolute Gasteiger partial charge is 0.478 e. The molecule has 2 rings (SSSR count). The van der Waals surface area contributed by atoms with Crippen LogP contribution in [0.1, 0.15) is 29.3 Å². The van der Waals surface area contributed by atoms with Crippen molar-refractivity contribution < 1.29 is 19.8 Å². The molecular weight excluding hydrogens is 260 g/mol. The van der Waals surface area contributed by atoms with Crippen molar-refractivity contribution in [3.05, 3.63) is 29.3 Å². The molecule has 0 saturated carbocycles. The predicted molar refractivity (Wildman–Crippen MR) is 74.0 cm³/mol. The fourth-order valence-corrected chi connectivity index (χ4v) is 2.26. The summed E-state index contributed by atoms with van der Waals surface area (Å²) in [6, 6.07) is 4.43. The Hall–Kier alpha value is -2.08. The lowest BCUT2D eigenvalue weighted by Gasteiger charge is -2.20. The van der Waals surface area contributed by atoms with Crippen molar-refractivity contribution >= 4 is 17.7 Å². The number of hydrogen-bond donors (Lipinski definition) is 3. The minimum atomic E-state index is -1.09. The number of nitrogens with one attached hydrogen (secondary N) is 1. The Morgan fingerprint density at radius 3 is 2.65 bits per heavy atom. The molecule has 1 heterocycles. The number of urea groups is 1. The first-order chi connectivity index (χ1) is 9.28. The first-order valence-corrected chi connectivity index (χ1v) is 6.41. The Balaban J connectivity index is 2.14. The van der Waals surface area contributed by atoms with Crippen LogP contribution in [0, 0.1) is 6.92 Å². The van der Waals surface area contributed by atoms with Gasteiger partial charge in [0.2, 0.25) is 0 Å². The van der Waals surface area contributed by atoms with E-state index in [1.54, 1.807) is 26.0 Å². The fourth-order valence-electron chi connectivity index (χ4n) is 2.26. The summed E-state index contributed by atoms with van der Waals surface area (Å²) in [4.78, 5) is 24.7. The highest BCUT2D eigenvalue weighted by Crippen LogP contribution is 2.22. The summed E-state index contributed by atoms with van der Waals surface area (Å²) >= 11 is 0. The summed E-state index contributed by atoms with van der Waals surface area (Å²) in [5, 5.41) is 21.6. The lowest BCUT2D eigenvalue weighted by atomic mass is 10.1. The van der Waals surface area contributed by atoms with Crippen molar-refractivity contribution in [3.63, 3.8) is 0 Å². The van der Waals surface area contributed by atoms with Gasteiger partial charge in [-0.2, -0.15) is 0 Å². The minimum absolute atomic E-state index is 0.0595. The number of rotatable bonds is 2. The first-order valence-electron chi connectivity index (χ1n) is 6.41. The number of nitrogens with zero attached hydrogens (tertiary/aromatic N) is 1. The van der Waals surface area contributed by atoms with Gasteiger partial charge >= 0.3 is 12.0 Å². The predicted octanol–water partition coefficient (Wildman–Crippen LogP) is 1.68. The second kappa shape index (κ2) is 5.13. The van der Waals surface area contributed by atoms with Crippen molar-refractivity contribution in [2.45, 2.75) is 25.9 Å². The molecule has 1 fully saturated rings. The number of aliphatic hydroxyl groups is 1. The van der Waals surface area contributed by atoms with E-state index in [1.807, 2.05) is 0 Å². The van der Waals surface area contributed by atoms with E-state index in [4.69, 9.17) is 5.11 Å². The first kappa shape index (κ1) is 14.3. The maximum absolute atomic E-state index is 12.1. The quantitative estimate of drug-likeness (QED) is 0.767. The summed E-state index contributed by atoms with van der Waals surface area (Å²) < 4.78 is 0. The second-order valence-electron chi connectivity index (χ2n) is 5.45. The number of likely N-dealkylation sites (tertiary alicyclic amines) is 1. The van der Waals surface area contributed by atoms with Gasteiger partial charge in [0.05, 0.1) is 23.4 Å². The van der Waals surface area contributed by atoms with Gasteiger partial charge in [-0.15, -0.1) is 0 Å². The van der Waals surface area contributed by atoms with Crippen LogP contribution < -0.4 is 5.32 Å². The van der Waals surface area contributed by atoms with Crippen LogP contribution in [0.25, 0.3) is 0 Å². The van der Waals surface area contributed by atoms with Crippen LogP contribution in [-0.2, 0) is 0 Å². The molecule has 1 aliphatic rings. The molecule has 3 N–H and O–H groups in total. The Labute approximate surface area is 117 Å². The SMILES string of the molecule is Cc1ccc(NC(=O)N2CCC(C)(O)C2)c(C(=O)O)c1. The number of benzene rings is 1. The normalized spacial score (nSPS) is 21.9. The lowest BCUT2D eigenvalue weighted by molar-refractivity contribution is 0.0695. The van der Waals surface area contributed by atoms with Crippen molar-refractivity contribution in [2.24, 2.45) is 0 Å². The Bertz CT molecular complexity index is 554. The second-order valence-corrected chi connectivity index (χ2v) is 5.45. The van der Waals surface area contributed by atoms with Gasteiger partial charge in [0.15, 0.2) is 0 Å². The average molecular weight is 278 g/mol. The van der Waals surface area contributed by atoms with E-state index in [1.165, 1.54) is 11.0 Å². The molecule has 0 radical (unpaired) electrons. The van der Waals surface area contributed by atoms with Crippen molar-refractivity contribution in [1.29, 1.82) is 0 Å². The van der Waals surface area contributed by atoms with Gasteiger partial charge in [-0.3, -0.25) is 0 Å². The summed E-state index contributed by atoms with van der Waals surface area (Å²) in [5.41, 5.74) is 0.258. The number of carbonyl (C=O) groups is 2. The summed E-state index contributed by atoms with van der Waals surface area (Å²) in [6.07, 6.45) is 0.514. The highest BCUT2D eigenvalue weighted by molar-refractivity contribution is 6.00. The van der Waals surface area contributed by atoms with Gasteiger partial charge in [-0.05, 0) is 32.4 Å². The van der Waals surface area contributed by atoms with Gasteiger partial charge in [0.25, 0.3) is 0 Å². The fraction of sp³-hybridized carbons (Fsp3) is 0.429. The Kier molecular flexibility index (Phi) is 3.67. The molecule has 1 aliphatic heterocycles. The molecule has 1 aromatic carbocycles. The number of carboxylic acid groups (broad SMARTS) is 1. The number of hydrogen-bond acceptors (Lipinski definition) is 3. The van der Waals surface area contributed by atoms with E-state index in [9.17, 15) is 14.7 Å². The number of amides is 2. The zero-order valence-corrected chi connectivity index (χ0v) is 11.5. The maximum atomic E-state index is 12.1. The molecule has 2 amide bonds. The molecular formula is C14H18N2O4. The van der Waals surface area contributed by atoms with Crippen LogP contribution in [-0.4, -0.2) is 45.8 Å². The van der Waals surface area contributed by atoms with Gasteiger partial charge < -0.3 is 20.4 Å². The van der Waals surface area contributed by atoms with Crippen LogP contribution in [0.3, 0.4) is 0 Å². The Morgan fingerprint density at radius 1 is 1.40 bits per heavy atom. The number of β-amino-alcohol motifs (C(OH)–C–C–N with tert-alkyl or cyclic N) is 1. The number of aromatic carboxylic acids is 1. The van der Waals surface area contributed by atoms with Crippen molar-refractivity contribution in [1.82, 2.24) is 4.90 Å². The minimum Gasteiger partial charge on any atom is -0.478 e. The molecule has 20 heavy (non-hydrogen) atoms. The van der Waals surface area contributed by atoms with Crippen LogP contribution in [0.2, 0.25) is 0 Å². The number of carbonyl (C=O) groups excluding carboxylic acids is 1. The molecule has 108 valence electrons. The third-order valence-corrected chi connectivity index (χ3v) is 3.39. The van der Waals surface area contributed by atoms with Crippen LogP contribution in [0.4, 0.5) is 10.5 Å². The molecule has 1 aromatic rings. The van der Waals surface area contributed by atoms with Gasteiger partial charge in [0, 0.05) is 6.54 Å². The highest BCUT2D eigenvalue weighted by atomic mass is 16.4. The number of anilines is 1. The molecule has 1 atom stereocenters. The average Bonchev–Trinajstić information content (AvgIpc) is 2.71. The summed E-state index contributed by atoms with van der Waals surface area (Å²) in [6.45, 7) is 4.16. The molecule has 0 aromatic heterocycles. The van der Waals surface area contributed by atoms with Gasteiger partial charge in [-0.25, -0.2) is 9.59 Å². The topological polar surface area (TPSA) is 89.9 Å². The standard InChI is InChI=1S/C14H18N2O4/c1-9-3-4-11(10(7-9)12(17)18)15-13(19)16-6-5-14(2,20)8-16/h3-4,7,20H,5-6,8H2,1-2H3,(H,15,19)(H,17,18). The highest BCUT2D eigenvalue weighted by Gasteiger charge is 2.34. The van der Waals surface area contributed by atoms with E-state index in [2.05, 4.69) is 5.32 Å². The molecule has 1 saturated heterocycles. The van der Waals surface area contributed by atoms with E-state index < -0.39 is 17.6 Å². The number of aryl methyl sites for hydroxylation is 1. The third-order valence-electron chi connectivity index (χ3n) is 3.39. The summed E-state index contributed by atoms with van der Waals surface area (Å²) in [7, 11) is 0. The zero-order chi connectivity index (χ0) is 14.9. The summed E-state index contributed by atoms with van der Waals surface area (Å²) in [5.74, 6) is -1.09. The van der Waals surface area contributed by atoms with Crippen LogP contribution >= 0.6 is 0 Å². The van der Waals surface area contributed by atoms with Crippen molar-refractivity contribution in [3.8, 4) is 0 Å². The van der Waals surface area contributed by atoms with E-state index >= 15 is 0 Å². The maximum Gasteiger partial charge on any atom is 0.337 e. The molecule has 1 unspecified atom stereocenters. The third kappa shape index (κ3) is 3.08. The zero-order valence-electron chi connectivity index (χ0n) is 11.5. The molecule has 6 nitrogen and oxygen atoms in total. The Morgan fingerprint density at radius 2 is 2.10 bits per heavy atom. The van der Waals surface area contributed by atoms with E-state index in [0.29, 0.717) is 13.0 Å².